The molecule has 1 aromatic rings. The summed E-state index contributed by atoms with van der Waals surface area (Å²) >= 11 is 0. The Morgan fingerprint density at radius 2 is 1.85 bits per heavy atom. The molecule has 0 N–H and O–H groups in total. The number of nitrogens with zero attached hydrogens (tertiary/aromatic N) is 1. The van der Waals surface area contributed by atoms with Crippen LogP contribution in [-0.4, -0.2) is 26.5 Å². The van der Waals surface area contributed by atoms with Gasteiger partial charge in [0, 0.05) is 0 Å². The van der Waals surface area contributed by atoms with E-state index in [9.17, 15) is 8.42 Å². The molecular weight excluding hydrogens is 274 g/mol. The van der Waals surface area contributed by atoms with Crippen LogP contribution < -0.4 is 4.74 Å². The second-order valence-electron chi connectivity index (χ2n) is 5.16. The minimum Gasteiger partial charge on any atom is -0.493 e. The molecule has 0 heterocycles. The number of sulfone groups is 1. The summed E-state index contributed by atoms with van der Waals surface area (Å²) in [6.45, 7) is 4.18. The Kier molecular flexibility index (Phi) is 6.53. The molecule has 0 aromatic heterocycles. The standard InChI is InChI=1S/C15H21NO3S/c1-13(2)8-11-20(17,18)12-10-19-15-5-3-14(4-6-15)7-9-16/h3-6,13H,7-8,10-12H2,1-2H3. The highest BCUT2D eigenvalue weighted by Gasteiger charge is 2.11. The summed E-state index contributed by atoms with van der Waals surface area (Å²) in [5.41, 5.74) is 0.921. The lowest BCUT2D eigenvalue weighted by Gasteiger charge is -2.08. The minimum absolute atomic E-state index is 0.0413. The molecule has 0 aliphatic rings. The third-order valence-corrected chi connectivity index (χ3v) is 4.52. The number of hydrogen-bond donors (Lipinski definition) is 0. The molecule has 0 saturated heterocycles. The van der Waals surface area contributed by atoms with Crippen LogP contribution in [0.5, 0.6) is 5.75 Å². The molecule has 0 unspecified atom stereocenters. The average Bonchev–Trinajstić information content (AvgIpc) is 2.39. The minimum atomic E-state index is -3.03. The molecule has 20 heavy (non-hydrogen) atoms. The Morgan fingerprint density at radius 3 is 2.40 bits per heavy atom. The van der Waals surface area contributed by atoms with Gasteiger partial charge in [0.2, 0.25) is 0 Å². The predicted molar refractivity (Wildman–Crippen MR) is 79.4 cm³/mol. The first kappa shape index (κ1) is 16.5. The van der Waals surface area contributed by atoms with Gasteiger partial charge in [0.05, 0.1) is 24.0 Å². The quantitative estimate of drug-likeness (QED) is 0.739. The summed E-state index contributed by atoms with van der Waals surface area (Å²) in [4.78, 5) is 0. The summed E-state index contributed by atoms with van der Waals surface area (Å²) in [7, 11) is -3.03. The molecule has 0 atom stereocenters. The first-order valence-corrected chi connectivity index (χ1v) is 8.54. The fraction of sp³-hybridized carbons (Fsp3) is 0.533. The SMILES string of the molecule is CC(C)CCS(=O)(=O)CCOc1ccc(CC#N)cc1. The molecule has 0 amide bonds. The third kappa shape index (κ3) is 6.58. The van der Waals surface area contributed by atoms with Crippen molar-refractivity contribution in [1.29, 1.82) is 5.26 Å². The van der Waals surface area contributed by atoms with Crippen LogP contribution in [0.15, 0.2) is 24.3 Å². The van der Waals surface area contributed by atoms with Crippen molar-refractivity contribution in [3.8, 4) is 11.8 Å². The van der Waals surface area contributed by atoms with Crippen molar-refractivity contribution in [2.45, 2.75) is 26.7 Å². The number of benzene rings is 1. The van der Waals surface area contributed by atoms with E-state index in [2.05, 4.69) is 6.07 Å². The van der Waals surface area contributed by atoms with E-state index in [4.69, 9.17) is 10.00 Å². The van der Waals surface area contributed by atoms with Crippen LogP contribution in [-0.2, 0) is 16.3 Å². The number of hydrogen-bond acceptors (Lipinski definition) is 4. The summed E-state index contributed by atoms with van der Waals surface area (Å²) in [5.74, 6) is 1.28. The maximum Gasteiger partial charge on any atom is 0.153 e. The van der Waals surface area contributed by atoms with Crippen LogP contribution in [0.2, 0.25) is 0 Å². The van der Waals surface area contributed by atoms with Crippen LogP contribution in [0, 0.1) is 17.2 Å². The second kappa shape index (κ2) is 7.91. The molecule has 0 saturated carbocycles. The molecule has 0 aliphatic carbocycles. The highest BCUT2D eigenvalue weighted by Crippen LogP contribution is 2.12. The Bertz CT molecular complexity index is 541. The molecule has 5 heteroatoms. The molecule has 0 bridgehead atoms. The summed E-state index contributed by atoms with van der Waals surface area (Å²) in [6, 6.07) is 9.21. The first-order chi connectivity index (χ1) is 9.43. The van der Waals surface area contributed by atoms with E-state index < -0.39 is 9.84 Å². The lowest BCUT2D eigenvalue weighted by atomic mass is 10.2. The van der Waals surface area contributed by atoms with Crippen molar-refractivity contribution in [2.24, 2.45) is 5.92 Å². The first-order valence-electron chi connectivity index (χ1n) is 6.72. The van der Waals surface area contributed by atoms with Crippen LogP contribution in [0.25, 0.3) is 0 Å². The van der Waals surface area contributed by atoms with Gasteiger partial charge in [-0.15, -0.1) is 0 Å². The monoisotopic (exact) mass is 295 g/mol. The summed E-state index contributed by atoms with van der Waals surface area (Å²) in [5, 5.41) is 8.56. The molecule has 1 aromatic carbocycles. The topological polar surface area (TPSA) is 67.2 Å². The summed E-state index contributed by atoms with van der Waals surface area (Å²) in [6.07, 6.45) is 1.05. The van der Waals surface area contributed by atoms with Crippen molar-refractivity contribution in [2.75, 3.05) is 18.1 Å². The molecule has 0 radical (unpaired) electrons. The van der Waals surface area contributed by atoms with E-state index in [1.54, 1.807) is 12.1 Å². The average molecular weight is 295 g/mol. The Morgan fingerprint density at radius 1 is 1.20 bits per heavy atom. The van der Waals surface area contributed by atoms with E-state index in [-0.39, 0.29) is 18.1 Å². The molecule has 110 valence electrons. The van der Waals surface area contributed by atoms with Gasteiger partial charge in [0.25, 0.3) is 0 Å². The Balaban J connectivity index is 2.38. The van der Waals surface area contributed by atoms with E-state index in [1.165, 1.54) is 0 Å². The molecule has 0 aliphatic heterocycles. The van der Waals surface area contributed by atoms with E-state index >= 15 is 0 Å². The van der Waals surface area contributed by atoms with Crippen LogP contribution in [0.3, 0.4) is 0 Å². The zero-order valence-corrected chi connectivity index (χ0v) is 12.8. The molecule has 4 nitrogen and oxygen atoms in total. The van der Waals surface area contributed by atoms with Gasteiger partial charge in [-0.05, 0) is 30.0 Å². The fourth-order valence-electron chi connectivity index (χ4n) is 1.60. The number of rotatable bonds is 8. The maximum atomic E-state index is 11.7. The molecule has 0 spiro atoms. The van der Waals surface area contributed by atoms with Crippen molar-refractivity contribution in [1.82, 2.24) is 0 Å². The van der Waals surface area contributed by atoms with Gasteiger partial charge in [-0.1, -0.05) is 26.0 Å². The van der Waals surface area contributed by atoms with E-state index in [0.717, 1.165) is 5.56 Å². The van der Waals surface area contributed by atoms with Gasteiger partial charge >= 0.3 is 0 Å². The molecular formula is C15H21NO3S. The van der Waals surface area contributed by atoms with Gasteiger partial charge in [0.1, 0.15) is 12.4 Å². The van der Waals surface area contributed by atoms with E-state index in [0.29, 0.717) is 24.5 Å². The molecule has 1 rings (SSSR count). The lowest BCUT2D eigenvalue weighted by molar-refractivity contribution is 0.340. The van der Waals surface area contributed by atoms with Crippen LogP contribution >= 0.6 is 0 Å². The number of ether oxygens (including phenoxy) is 1. The largest absolute Gasteiger partial charge is 0.493 e. The lowest BCUT2D eigenvalue weighted by Crippen LogP contribution is -2.18. The van der Waals surface area contributed by atoms with Crippen LogP contribution in [0.1, 0.15) is 25.8 Å². The highest BCUT2D eigenvalue weighted by molar-refractivity contribution is 7.91. The summed E-state index contributed by atoms with van der Waals surface area (Å²) < 4.78 is 28.9. The fourth-order valence-corrected chi connectivity index (χ4v) is 2.97. The van der Waals surface area contributed by atoms with Gasteiger partial charge in [-0.25, -0.2) is 8.42 Å². The molecule has 0 fully saturated rings. The van der Waals surface area contributed by atoms with Crippen molar-refractivity contribution in [3.63, 3.8) is 0 Å². The Hall–Kier alpha value is -1.54. The zero-order valence-electron chi connectivity index (χ0n) is 12.0. The van der Waals surface area contributed by atoms with Crippen molar-refractivity contribution >= 4 is 9.84 Å². The van der Waals surface area contributed by atoms with Gasteiger partial charge < -0.3 is 4.74 Å². The smallest absolute Gasteiger partial charge is 0.153 e. The van der Waals surface area contributed by atoms with Gasteiger partial charge in [0.15, 0.2) is 9.84 Å². The number of nitriles is 1. The zero-order chi connectivity index (χ0) is 15.0. The third-order valence-electron chi connectivity index (χ3n) is 2.88. The van der Waals surface area contributed by atoms with Crippen molar-refractivity contribution in [3.05, 3.63) is 29.8 Å². The van der Waals surface area contributed by atoms with Gasteiger partial charge in [-0.2, -0.15) is 5.26 Å². The maximum absolute atomic E-state index is 11.7. The van der Waals surface area contributed by atoms with Gasteiger partial charge in [-0.3, -0.25) is 0 Å². The second-order valence-corrected chi connectivity index (χ2v) is 7.47. The van der Waals surface area contributed by atoms with Crippen molar-refractivity contribution < 1.29 is 13.2 Å². The highest BCUT2D eigenvalue weighted by atomic mass is 32.2. The van der Waals surface area contributed by atoms with Crippen LogP contribution in [0.4, 0.5) is 0 Å². The Labute approximate surface area is 121 Å². The van der Waals surface area contributed by atoms with E-state index in [1.807, 2.05) is 26.0 Å². The normalized spacial score (nSPS) is 11.3. The predicted octanol–water partition coefficient (Wildman–Crippen LogP) is 2.59.